The predicted octanol–water partition coefficient (Wildman–Crippen LogP) is 12.9. The molecule has 56 heavy (non-hydrogen) atoms. The highest BCUT2D eigenvalue weighted by molar-refractivity contribution is 6.09. The number of nitrogens with zero attached hydrogens (tertiary/aromatic N) is 3. The zero-order chi connectivity index (χ0) is 37.1. The first-order valence-corrected chi connectivity index (χ1v) is 19.2. The van der Waals surface area contributed by atoms with Gasteiger partial charge in [-0.15, -0.1) is 0 Å². The van der Waals surface area contributed by atoms with Crippen LogP contribution in [0.25, 0.3) is 72.5 Å². The van der Waals surface area contributed by atoms with Crippen molar-refractivity contribution in [1.29, 1.82) is 0 Å². The Hall–Kier alpha value is -7.36. The summed E-state index contributed by atoms with van der Waals surface area (Å²) in [6, 6.07) is 75.9. The molecule has 0 saturated carbocycles. The van der Waals surface area contributed by atoms with Gasteiger partial charge in [0.25, 0.3) is 0 Å². The number of benzene rings is 8. The number of aromatic nitrogens is 3. The molecule has 0 fully saturated rings. The van der Waals surface area contributed by atoms with Gasteiger partial charge in [-0.25, -0.2) is 9.97 Å². The first kappa shape index (κ1) is 32.1. The Balaban J connectivity index is 1.04. The van der Waals surface area contributed by atoms with Crippen molar-refractivity contribution >= 4 is 21.8 Å². The number of hydrogen-bond acceptors (Lipinski definition) is 2. The third kappa shape index (κ3) is 4.84. The SMILES string of the molecule is c1ccc(-c2nc(-c3ccc(-c4ccc(-n5c6ccccc6c6ccccc65)cc4)cc3)nc3c2C(c2ccccc2)(c2ccccc2)c2ccccc2-3)cc1. The molecule has 0 aliphatic heterocycles. The highest BCUT2D eigenvalue weighted by atomic mass is 15.0. The summed E-state index contributed by atoms with van der Waals surface area (Å²) in [7, 11) is 0. The van der Waals surface area contributed by atoms with Crippen LogP contribution in [0.3, 0.4) is 0 Å². The fraction of sp³-hybridized carbons (Fsp3) is 0.0189. The van der Waals surface area contributed by atoms with Crippen molar-refractivity contribution in [3.8, 4) is 50.7 Å². The summed E-state index contributed by atoms with van der Waals surface area (Å²) in [5, 5.41) is 2.53. The van der Waals surface area contributed by atoms with Crippen molar-refractivity contribution < 1.29 is 0 Å². The summed E-state index contributed by atoms with van der Waals surface area (Å²) in [5.41, 5.74) is 15.1. The lowest BCUT2D eigenvalue weighted by Gasteiger charge is -2.34. The molecule has 10 aromatic rings. The van der Waals surface area contributed by atoms with Crippen LogP contribution >= 0.6 is 0 Å². The highest BCUT2D eigenvalue weighted by Gasteiger charge is 2.49. The summed E-state index contributed by atoms with van der Waals surface area (Å²) < 4.78 is 2.36. The van der Waals surface area contributed by atoms with E-state index in [0.29, 0.717) is 5.82 Å². The Bertz CT molecular complexity index is 2950. The van der Waals surface area contributed by atoms with Crippen molar-refractivity contribution in [2.45, 2.75) is 5.41 Å². The second-order valence-corrected chi connectivity index (χ2v) is 14.5. The zero-order valence-corrected chi connectivity index (χ0v) is 30.5. The Morgan fingerprint density at radius 3 is 1.43 bits per heavy atom. The lowest BCUT2D eigenvalue weighted by molar-refractivity contribution is 0.763. The van der Waals surface area contributed by atoms with Crippen LogP contribution < -0.4 is 0 Å². The van der Waals surface area contributed by atoms with Gasteiger partial charge in [-0.3, -0.25) is 0 Å². The normalized spacial score (nSPS) is 12.8. The summed E-state index contributed by atoms with van der Waals surface area (Å²) in [6.45, 7) is 0. The Labute approximate surface area is 325 Å². The second-order valence-electron chi connectivity index (χ2n) is 14.5. The van der Waals surface area contributed by atoms with E-state index < -0.39 is 5.41 Å². The molecule has 262 valence electrons. The molecule has 0 spiro atoms. The Morgan fingerprint density at radius 1 is 0.357 bits per heavy atom. The molecule has 0 radical (unpaired) electrons. The van der Waals surface area contributed by atoms with Gasteiger partial charge in [0.05, 0.1) is 27.8 Å². The van der Waals surface area contributed by atoms with Crippen LogP contribution in [0.2, 0.25) is 0 Å². The van der Waals surface area contributed by atoms with E-state index in [-0.39, 0.29) is 0 Å². The number of rotatable bonds is 6. The molecule has 0 unspecified atom stereocenters. The fourth-order valence-corrected chi connectivity index (χ4v) is 9.05. The van der Waals surface area contributed by atoms with Crippen molar-refractivity contribution in [2.24, 2.45) is 0 Å². The van der Waals surface area contributed by atoms with E-state index in [9.17, 15) is 0 Å². The van der Waals surface area contributed by atoms with Crippen LogP contribution in [0.4, 0.5) is 0 Å². The topological polar surface area (TPSA) is 30.7 Å². The molecule has 11 rings (SSSR count). The quantitative estimate of drug-likeness (QED) is 0.172. The van der Waals surface area contributed by atoms with Crippen LogP contribution in [0, 0.1) is 0 Å². The first-order chi connectivity index (χ1) is 27.8. The van der Waals surface area contributed by atoms with Crippen molar-refractivity contribution in [1.82, 2.24) is 14.5 Å². The van der Waals surface area contributed by atoms with Gasteiger partial charge in [-0.05, 0) is 52.1 Å². The maximum absolute atomic E-state index is 5.49. The molecule has 0 amide bonds. The third-order valence-corrected chi connectivity index (χ3v) is 11.5. The summed E-state index contributed by atoms with van der Waals surface area (Å²) in [6.07, 6.45) is 0. The number of para-hydroxylation sites is 2. The van der Waals surface area contributed by atoms with E-state index in [1.807, 2.05) is 0 Å². The molecule has 0 bridgehead atoms. The average molecular weight is 714 g/mol. The standard InChI is InChI=1S/C53H35N3/c1-4-16-38(17-5-1)50-49-51(45-24-10-13-25-46(45)53(49,40-18-6-2-7-19-40)41-20-8-3-9-21-41)55-52(54-50)39-30-28-36(29-31-39)37-32-34-42(35-33-37)56-47-26-14-11-22-43(47)44-23-12-15-27-48(44)56/h1-35H. The Morgan fingerprint density at radius 2 is 0.821 bits per heavy atom. The van der Waals surface area contributed by atoms with Gasteiger partial charge < -0.3 is 4.57 Å². The first-order valence-electron chi connectivity index (χ1n) is 19.2. The molecule has 3 nitrogen and oxygen atoms in total. The molecule has 0 atom stereocenters. The summed E-state index contributed by atoms with van der Waals surface area (Å²) in [4.78, 5) is 11.0. The zero-order valence-electron chi connectivity index (χ0n) is 30.5. The predicted molar refractivity (Wildman–Crippen MR) is 230 cm³/mol. The lowest BCUT2D eigenvalue weighted by Crippen LogP contribution is -2.29. The van der Waals surface area contributed by atoms with Crippen molar-refractivity contribution in [3.05, 3.63) is 235 Å². The lowest BCUT2D eigenvalue weighted by atomic mass is 9.67. The van der Waals surface area contributed by atoms with Crippen molar-refractivity contribution in [2.75, 3.05) is 0 Å². The molecule has 2 heterocycles. The van der Waals surface area contributed by atoms with E-state index >= 15 is 0 Å². The monoisotopic (exact) mass is 713 g/mol. The van der Waals surface area contributed by atoms with E-state index in [4.69, 9.17) is 9.97 Å². The largest absolute Gasteiger partial charge is 0.309 e. The van der Waals surface area contributed by atoms with E-state index in [2.05, 4.69) is 217 Å². The van der Waals surface area contributed by atoms with Crippen LogP contribution in [0.5, 0.6) is 0 Å². The summed E-state index contributed by atoms with van der Waals surface area (Å²) in [5.74, 6) is 0.711. The molecule has 1 aliphatic rings. The minimum Gasteiger partial charge on any atom is -0.309 e. The van der Waals surface area contributed by atoms with Crippen LogP contribution in [-0.4, -0.2) is 14.5 Å². The molecular weight excluding hydrogens is 679 g/mol. The molecule has 8 aromatic carbocycles. The van der Waals surface area contributed by atoms with Gasteiger partial charge in [0.15, 0.2) is 5.82 Å². The van der Waals surface area contributed by atoms with Crippen molar-refractivity contribution in [3.63, 3.8) is 0 Å². The fourth-order valence-electron chi connectivity index (χ4n) is 9.05. The van der Waals surface area contributed by atoms with Crippen LogP contribution in [0.1, 0.15) is 22.3 Å². The van der Waals surface area contributed by atoms with E-state index in [1.54, 1.807) is 0 Å². The highest BCUT2D eigenvalue weighted by Crippen LogP contribution is 2.58. The van der Waals surface area contributed by atoms with Crippen LogP contribution in [-0.2, 0) is 5.41 Å². The van der Waals surface area contributed by atoms with Gasteiger partial charge in [0, 0.05) is 38.7 Å². The minimum absolute atomic E-state index is 0.604. The average Bonchev–Trinajstić information content (AvgIpc) is 3.78. The third-order valence-electron chi connectivity index (χ3n) is 11.5. The van der Waals surface area contributed by atoms with Crippen LogP contribution in [0.15, 0.2) is 212 Å². The molecule has 1 aliphatic carbocycles. The van der Waals surface area contributed by atoms with E-state index in [1.165, 1.54) is 38.5 Å². The Kier molecular flexibility index (Phi) is 7.39. The minimum atomic E-state index is -0.604. The van der Waals surface area contributed by atoms with Gasteiger partial charge in [0.1, 0.15) is 0 Å². The second kappa shape index (κ2) is 12.9. The molecular formula is C53H35N3. The molecule has 2 aromatic heterocycles. The van der Waals surface area contributed by atoms with Gasteiger partial charge in [-0.1, -0.05) is 188 Å². The molecule has 0 N–H and O–H groups in total. The smallest absolute Gasteiger partial charge is 0.160 e. The van der Waals surface area contributed by atoms with Gasteiger partial charge >= 0.3 is 0 Å². The maximum Gasteiger partial charge on any atom is 0.160 e. The van der Waals surface area contributed by atoms with Gasteiger partial charge in [-0.2, -0.15) is 0 Å². The van der Waals surface area contributed by atoms with E-state index in [0.717, 1.165) is 50.5 Å². The van der Waals surface area contributed by atoms with Gasteiger partial charge in [0.2, 0.25) is 0 Å². The number of hydrogen-bond donors (Lipinski definition) is 0. The number of fused-ring (bicyclic) bond motifs is 6. The molecule has 3 heteroatoms. The molecule has 0 saturated heterocycles. The summed E-state index contributed by atoms with van der Waals surface area (Å²) >= 11 is 0. The maximum atomic E-state index is 5.49.